The molecule has 4 heteroatoms. The predicted octanol–water partition coefficient (Wildman–Crippen LogP) is 2.75. The number of aromatic hydroxyl groups is 3. The van der Waals surface area contributed by atoms with Gasteiger partial charge in [0.15, 0.2) is 11.5 Å². The fourth-order valence-corrected chi connectivity index (χ4v) is 1.54. The number of hydrogen-bond acceptors (Lipinski definition) is 4. The Morgan fingerprint density at radius 2 is 1.61 bits per heavy atom. The fourth-order valence-electron chi connectivity index (χ4n) is 1.54. The molecule has 0 aliphatic heterocycles. The van der Waals surface area contributed by atoms with Gasteiger partial charge in [0.1, 0.15) is 5.76 Å². The standard InChI is InChI=1S/C14H12O4/c15-11(7-5-9-3-1-2-4-9)10-6-8-12(16)14(18)13(10)17/h1-8,15-18H. The third kappa shape index (κ3) is 2.22. The highest BCUT2D eigenvalue weighted by molar-refractivity contribution is 5.71. The van der Waals surface area contributed by atoms with Crippen LogP contribution in [0.15, 0.2) is 54.2 Å². The molecule has 0 saturated carbocycles. The Hall–Kier alpha value is -2.62. The molecule has 1 aromatic carbocycles. The molecule has 2 rings (SSSR count). The molecule has 0 spiro atoms. The molecule has 1 aromatic rings. The molecule has 0 bridgehead atoms. The predicted molar refractivity (Wildman–Crippen MR) is 68.4 cm³/mol. The lowest BCUT2D eigenvalue weighted by Crippen LogP contribution is -1.85. The van der Waals surface area contributed by atoms with Crippen LogP contribution in [0, 0.1) is 0 Å². The van der Waals surface area contributed by atoms with Crippen LogP contribution in [0.5, 0.6) is 17.2 Å². The van der Waals surface area contributed by atoms with E-state index in [0.717, 1.165) is 5.57 Å². The Kier molecular flexibility index (Phi) is 3.10. The first-order valence-electron chi connectivity index (χ1n) is 5.29. The Morgan fingerprint density at radius 1 is 0.944 bits per heavy atom. The van der Waals surface area contributed by atoms with E-state index in [4.69, 9.17) is 5.11 Å². The topological polar surface area (TPSA) is 80.9 Å². The Labute approximate surface area is 104 Å². The molecular formula is C14H12O4. The van der Waals surface area contributed by atoms with E-state index in [1.807, 2.05) is 24.3 Å². The van der Waals surface area contributed by atoms with Crippen LogP contribution >= 0.6 is 0 Å². The summed E-state index contributed by atoms with van der Waals surface area (Å²) in [6.45, 7) is 0. The number of allylic oxidation sites excluding steroid dienone is 7. The average Bonchev–Trinajstić information content (AvgIpc) is 2.86. The minimum Gasteiger partial charge on any atom is -0.507 e. The molecule has 4 nitrogen and oxygen atoms in total. The molecule has 0 amide bonds. The molecule has 0 unspecified atom stereocenters. The number of aliphatic hydroxyl groups is 1. The van der Waals surface area contributed by atoms with Crippen LogP contribution in [0.3, 0.4) is 0 Å². The van der Waals surface area contributed by atoms with Crippen LogP contribution in [-0.2, 0) is 0 Å². The number of phenols is 3. The van der Waals surface area contributed by atoms with Crippen molar-refractivity contribution in [2.45, 2.75) is 0 Å². The number of phenolic OH excluding ortho intramolecular Hbond substituents is 3. The van der Waals surface area contributed by atoms with Gasteiger partial charge in [-0.2, -0.15) is 0 Å². The lowest BCUT2D eigenvalue weighted by atomic mass is 10.1. The third-order valence-electron chi connectivity index (χ3n) is 2.53. The molecule has 92 valence electrons. The second kappa shape index (κ2) is 4.71. The fraction of sp³-hybridized carbons (Fsp3) is 0. The molecule has 1 aliphatic rings. The molecule has 0 fully saturated rings. The second-order valence-electron chi connectivity index (χ2n) is 3.77. The summed E-state index contributed by atoms with van der Waals surface area (Å²) in [6, 6.07) is 2.51. The maximum Gasteiger partial charge on any atom is 0.201 e. The maximum atomic E-state index is 9.79. The van der Waals surface area contributed by atoms with Gasteiger partial charge < -0.3 is 20.4 Å². The van der Waals surface area contributed by atoms with Crippen molar-refractivity contribution in [2.24, 2.45) is 0 Å². The van der Waals surface area contributed by atoms with Crippen molar-refractivity contribution in [2.75, 3.05) is 0 Å². The highest BCUT2D eigenvalue weighted by Gasteiger charge is 2.13. The summed E-state index contributed by atoms with van der Waals surface area (Å²) in [5.41, 5.74) is 0.956. The van der Waals surface area contributed by atoms with Gasteiger partial charge in [-0.25, -0.2) is 0 Å². The van der Waals surface area contributed by atoms with Crippen molar-refractivity contribution in [3.05, 3.63) is 59.7 Å². The summed E-state index contributed by atoms with van der Waals surface area (Å²) in [5.74, 6) is -1.85. The minimum absolute atomic E-state index is 0.0492. The summed E-state index contributed by atoms with van der Waals surface area (Å²) in [6.07, 6.45) is 10.5. The average molecular weight is 244 g/mol. The van der Waals surface area contributed by atoms with E-state index >= 15 is 0 Å². The lowest BCUT2D eigenvalue weighted by molar-refractivity contribution is 0.365. The highest BCUT2D eigenvalue weighted by Crippen LogP contribution is 2.39. The molecule has 0 heterocycles. The first-order chi connectivity index (χ1) is 8.59. The molecule has 18 heavy (non-hydrogen) atoms. The van der Waals surface area contributed by atoms with Gasteiger partial charge in [0.25, 0.3) is 0 Å². The minimum atomic E-state index is -0.652. The van der Waals surface area contributed by atoms with Gasteiger partial charge in [0.2, 0.25) is 5.75 Å². The first kappa shape index (κ1) is 11.9. The number of benzene rings is 1. The zero-order chi connectivity index (χ0) is 13.1. The Morgan fingerprint density at radius 3 is 2.28 bits per heavy atom. The van der Waals surface area contributed by atoms with Crippen LogP contribution in [0.2, 0.25) is 0 Å². The van der Waals surface area contributed by atoms with Gasteiger partial charge >= 0.3 is 0 Å². The van der Waals surface area contributed by atoms with E-state index in [-0.39, 0.29) is 11.3 Å². The summed E-state index contributed by atoms with van der Waals surface area (Å²) < 4.78 is 0. The first-order valence-corrected chi connectivity index (χ1v) is 5.29. The van der Waals surface area contributed by atoms with Crippen LogP contribution in [-0.4, -0.2) is 20.4 Å². The van der Waals surface area contributed by atoms with Gasteiger partial charge in [-0.15, -0.1) is 0 Å². The van der Waals surface area contributed by atoms with Crippen molar-refractivity contribution < 1.29 is 20.4 Å². The zero-order valence-corrected chi connectivity index (χ0v) is 9.41. The van der Waals surface area contributed by atoms with Crippen LogP contribution in [0.4, 0.5) is 0 Å². The van der Waals surface area contributed by atoms with Crippen LogP contribution in [0.25, 0.3) is 5.76 Å². The Balaban J connectivity index is 2.34. The Bertz CT molecular complexity index is 578. The van der Waals surface area contributed by atoms with E-state index in [1.165, 1.54) is 18.2 Å². The monoisotopic (exact) mass is 244 g/mol. The SMILES string of the molecule is OC(=CC=C1C=CC=C1)c1ccc(O)c(O)c1O. The van der Waals surface area contributed by atoms with E-state index in [1.54, 1.807) is 6.08 Å². The summed E-state index contributed by atoms with van der Waals surface area (Å²) in [7, 11) is 0. The quantitative estimate of drug-likeness (QED) is 0.476. The van der Waals surface area contributed by atoms with Gasteiger partial charge in [-0.05, 0) is 23.8 Å². The lowest BCUT2D eigenvalue weighted by Gasteiger charge is -2.06. The van der Waals surface area contributed by atoms with Crippen molar-refractivity contribution in [1.82, 2.24) is 0 Å². The number of hydrogen-bond donors (Lipinski definition) is 4. The zero-order valence-electron chi connectivity index (χ0n) is 9.41. The highest BCUT2D eigenvalue weighted by atomic mass is 16.3. The van der Waals surface area contributed by atoms with E-state index in [9.17, 15) is 15.3 Å². The summed E-state index contributed by atoms with van der Waals surface area (Å²) >= 11 is 0. The maximum absolute atomic E-state index is 9.79. The van der Waals surface area contributed by atoms with Crippen molar-refractivity contribution in [3.63, 3.8) is 0 Å². The molecule has 0 aromatic heterocycles. The van der Waals surface area contributed by atoms with Gasteiger partial charge in [-0.3, -0.25) is 0 Å². The number of rotatable bonds is 2. The molecule has 0 atom stereocenters. The van der Waals surface area contributed by atoms with Crippen molar-refractivity contribution in [1.29, 1.82) is 0 Å². The van der Waals surface area contributed by atoms with E-state index in [2.05, 4.69) is 0 Å². The van der Waals surface area contributed by atoms with Gasteiger partial charge in [0.05, 0.1) is 5.56 Å². The summed E-state index contributed by atoms with van der Waals surface area (Å²) in [4.78, 5) is 0. The molecule has 1 aliphatic carbocycles. The van der Waals surface area contributed by atoms with Gasteiger partial charge in [0, 0.05) is 0 Å². The van der Waals surface area contributed by atoms with Crippen LogP contribution < -0.4 is 0 Å². The largest absolute Gasteiger partial charge is 0.507 e. The third-order valence-corrected chi connectivity index (χ3v) is 2.53. The van der Waals surface area contributed by atoms with E-state index in [0.29, 0.717) is 0 Å². The van der Waals surface area contributed by atoms with Gasteiger partial charge in [-0.1, -0.05) is 30.4 Å². The summed E-state index contributed by atoms with van der Waals surface area (Å²) in [5, 5.41) is 37.9. The van der Waals surface area contributed by atoms with Crippen molar-refractivity contribution >= 4 is 5.76 Å². The van der Waals surface area contributed by atoms with Crippen LogP contribution in [0.1, 0.15) is 5.56 Å². The molecule has 0 saturated heterocycles. The second-order valence-corrected chi connectivity index (χ2v) is 3.77. The van der Waals surface area contributed by atoms with E-state index < -0.39 is 17.2 Å². The molecule has 0 radical (unpaired) electrons. The molecular weight excluding hydrogens is 232 g/mol. The number of aliphatic hydroxyl groups excluding tert-OH is 1. The molecule has 4 N–H and O–H groups in total. The smallest absolute Gasteiger partial charge is 0.201 e. The van der Waals surface area contributed by atoms with Crippen molar-refractivity contribution in [3.8, 4) is 17.2 Å². The normalized spacial score (nSPS) is 14.2.